The Morgan fingerprint density at radius 3 is 2.62 bits per heavy atom. The van der Waals surface area contributed by atoms with E-state index in [1.54, 1.807) is 19.0 Å². The molecule has 5 nitrogen and oxygen atoms in total. The average Bonchev–Trinajstić information content (AvgIpc) is 2.41. The molecule has 0 aromatic heterocycles. The SMILES string of the molecule is CCNC(=NCc1cccc(Br)c1)NCC(=O)N(C)C.I. The molecule has 21 heavy (non-hydrogen) atoms. The number of hydrogen-bond acceptors (Lipinski definition) is 2. The number of amides is 1. The number of nitrogens with zero attached hydrogens (tertiary/aromatic N) is 2. The summed E-state index contributed by atoms with van der Waals surface area (Å²) in [5.74, 6) is 0.653. The van der Waals surface area contributed by atoms with Crippen molar-refractivity contribution in [1.29, 1.82) is 0 Å². The molecular weight excluding hydrogens is 447 g/mol. The van der Waals surface area contributed by atoms with E-state index < -0.39 is 0 Å². The third-order valence-electron chi connectivity index (χ3n) is 2.56. The molecule has 2 N–H and O–H groups in total. The van der Waals surface area contributed by atoms with Crippen LogP contribution >= 0.6 is 39.9 Å². The average molecular weight is 469 g/mol. The normalized spacial score (nSPS) is 10.6. The number of nitrogens with one attached hydrogen (secondary N) is 2. The fraction of sp³-hybridized carbons (Fsp3) is 0.429. The van der Waals surface area contributed by atoms with Gasteiger partial charge >= 0.3 is 0 Å². The van der Waals surface area contributed by atoms with Gasteiger partial charge in [-0.3, -0.25) is 4.79 Å². The summed E-state index contributed by atoms with van der Waals surface area (Å²) in [5, 5.41) is 6.14. The minimum Gasteiger partial charge on any atom is -0.357 e. The van der Waals surface area contributed by atoms with Gasteiger partial charge in [-0.2, -0.15) is 0 Å². The van der Waals surface area contributed by atoms with Crippen molar-refractivity contribution in [1.82, 2.24) is 15.5 Å². The molecule has 1 rings (SSSR count). The number of guanidine groups is 1. The first kappa shape index (κ1) is 20.2. The second-order valence-corrected chi connectivity index (χ2v) is 5.38. The first-order valence-corrected chi connectivity index (χ1v) is 7.29. The van der Waals surface area contributed by atoms with Gasteiger partial charge in [0.15, 0.2) is 5.96 Å². The Hall–Kier alpha value is -0.830. The van der Waals surface area contributed by atoms with Gasteiger partial charge in [0.1, 0.15) is 0 Å². The van der Waals surface area contributed by atoms with Gasteiger partial charge in [0.2, 0.25) is 5.91 Å². The highest BCUT2D eigenvalue weighted by Gasteiger charge is 2.05. The summed E-state index contributed by atoms with van der Waals surface area (Å²) >= 11 is 3.44. The van der Waals surface area contributed by atoms with Crippen LogP contribution in [0.25, 0.3) is 0 Å². The summed E-state index contributed by atoms with van der Waals surface area (Å²) in [6, 6.07) is 8.00. The zero-order valence-corrected chi connectivity index (χ0v) is 16.4. The topological polar surface area (TPSA) is 56.7 Å². The Morgan fingerprint density at radius 1 is 1.33 bits per heavy atom. The quantitative estimate of drug-likeness (QED) is 0.395. The van der Waals surface area contributed by atoms with Gasteiger partial charge in [-0.15, -0.1) is 24.0 Å². The smallest absolute Gasteiger partial charge is 0.241 e. The van der Waals surface area contributed by atoms with E-state index in [-0.39, 0.29) is 36.4 Å². The third kappa shape index (κ3) is 8.25. The maximum absolute atomic E-state index is 11.5. The molecule has 7 heteroatoms. The number of benzene rings is 1. The van der Waals surface area contributed by atoms with E-state index in [1.165, 1.54) is 0 Å². The van der Waals surface area contributed by atoms with Gasteiger partial charge in [-0.1, -0.05) is 28.1 Å². The Bertz CT molecular complexity index is 480. The highest BCUT2D eigenvalue weighted by Crippen LogP contribution is 2.12. The van der Waals surface area contributed by atoms with Crippen molar-refractivity contribution >= 4 is 51.8 Å². The fourth-order valence-corrected chi connectivity index (χ4v) is 1.91. The Morgan fingerprint density at radius 2 is 2.05 bits per heavy atom. The number of aliphatic imine (C=N–C) groups is 1. The fourth-order valence-electron chi connectivity index (χ4n) is 1.46. The van der Waals surface area contributed by atoms with Crippen LogP contribution in [0.15, 0.2) is 33.7 Å². The van der Waals surface area contributed by atoms with Gasteiger partial charge in [0, 0.05) is 25.1 Å². The number of halogens is 2. The molecule has 0 aliphatic rings. The van der Waals surface area contributed by atoms with Crippen LogP contribution in [0.5, 0.6) is 0 Å². The largest absolute Gasteiger partial charge is 0.357 e. The van der Waals surface area contributed by atoms with Gasteiger partial charge in [0.05, 0.1) is 13.1 Å². The number of likely N-dealkylation sites (N-methyl/N-ethyl adjacent to an activating group) is 1. The van der Waals surface area contributed by atoms with Crippen molar-refractivity contribution in [2.24, 2.45) is 4.99 Å². The van der Waals surface area contributed by atoms with E-state index >= 15 is 0 Å². The van der Waals surface area contributed by atoms with Crippen molar-refractivity contribution in [3.8, 4) is 0 Å². The highest BCUT2D eigenvalue weighted by atomic mass is 127. The molecule has 0 radical (unpaired) electrons. The van der Waals surface area contributed by atoms with E-state index in [2.05, 4.69) is 31.6 Å². The molecule has 0 saturated heterocycles. The van der Waals surface area contributed by atoms with E-state index in [0.717, 1.165) is 16.6 Å². The van der Waals surface area contributed by atoms with Crippen LogP contribution < -0.4 is 10.6 Å². The Labute approximate surface area is 151 Å². The third-order valence-corrected chi connectivity index (χ3v) is 3.05. The second kappa shape index (κ2) is 10.8. The summed E-state index contributed by atoms with van der Waals surface area (Å²) in [5.41, 5.74) is 1.11. The maximum Gasteiger partial charge on any atom is 0.241 e. The summed E-state index contributed by atoms with van der Waals surface area (Å²) in [6.45, 7) is 3.53. The highest BCUT2D eigenvalue weighted by molar-refractivity contribution is 14.0. The molecule has 0 bridgehead atoms. The lowest BCUT2D eigenvalue weighted by Crippen LogP contribution is -2.42. The molecule has 0 heterocycles. The first-order valence-electron chi connectivity index (χ1n) is 6.49. The van der Waals surface area contributed by atoms with Crippen molar-refractivity contribution in [3.05, 3.63) is 34.3 Å². The molecule has 0 spiro atoms. The molecule has 0 aliphatic carbocycles. The maximum atomic E-state index is 11.5. The van der Waals surface area contributed by atoms with Crippen molar-refractivity contribution in [2.45, 2.75) is 13.5 Å². The van der Waals surface area contributed by atoms with E-state index in [0.29, 0.717) is 12.5 Å². The molecular formula is C14H22BrIN4O. The van der Waals surface area contributed by atoms with Crippen LogP contribution in [-0.4, -0.2) is 44.0 Å². The lowest BCUT2D eigenvalue weighted by molar-refractivity contribution is -0.127. The number of rotatable bonds is 5. The van der Waals surface area contributed by atoms with E-state index in [4.69, 9.17) is 0 Å². The zero-order valence-electron chi connectivity index (χ0n) is 12.5. The predicted octanol–water partition coefficient (Wildman–Crippen LogP) is 2.21. The zero-order chi connectivity index (χ0) is 15.0. The number of carbonyl (C=O) groups is 1. The molecule has 0 atom stereocenters. The molecule has 0 saturated carbocycles. The standard InChI is InChI=1S/C14H21BrN4O.HI/c1-4-16-14(18-10-13(20)19(2)3)17-9-11-6-5-7-12(15)8-11;/h5-8H,4,9-10H2,1-3H3,(H2,16,17,18);1H. The van der Waals surface area contributed by atoms with Gasteiger partial charge in [0.25, 0.3) is 0 Å². The van der Waals surface area contributed by atoms with Gasteiger partial charge < -0.3 is 15.5 Å². The molecule has 1 aromatic carbocycles. The molecule has 1 amide bonds. The summed E-state index contributed by atoms with van der Waals surface area (Å²) < 4.78 is 1.03. The van der Waals surface area contributed by atoms with Crippen LogP contribution in [0.4, 0.5) is 0 Å². The number of carbonyl (C=O) groups excluding carboxylic acids is 1. The molecule has 0 fully saturated rings. The summed E-state index contributed by atoms with van der Waals surface area (Å²) in [4.78, 5) is 17.6. The summed E-state index contributed by atoms with van der Waals surface area (Å²) in [7, 11) is 3.46. The second-order valence-electron chi connectivity index (χ2n) is 4.47. The van der Waals surface area contributed by atoms with Crippen LogP contribution in [0.2, 0.25) is 0 Å². The molecule has 1 aromatic rings. The molecule has 0 aliphatic heterocycles. The lowest BCUT2D eigenvalue weighted by atomic mass is 10.2. The van der Waals surface area contributed by atoms with Crippen LogP contribution in [-0.2, 0) is 11.3 Å². The Kier molecular flexibility index (Phi) is 10.4. The Balaban J connectivity index is 0.00000400. The minimum atomic E-state index is 0. The van der Waals surface area contributed by atoms with E-state index in [1.807, 2.05) is 31.2 Å². The van der Waals surface area contributed by atoms with Crippen LogP contribution in [0, 0.1) is 0 Å². The van der Waals surface area contributed by atoms with Crippen molar-refractivity contribution < 1.29 is 4.79 Å². The van der Waals surface area contributed by atoms with Crippen LogP contribution in [0.3, 0.4) is 0 Å². The molecule has 118 valence electrons. The number of hydrogen-bond donors (Lipinski definition) is 2. The predicted molar refractivity (Wildman–Crippen MR) is 101 cm³/mol. The lowest BCUT2D eigenvalue weighted by Gasteiger charge is -2.14. The first-order chi connectivity index (χ1) is 9.52. The summed E-state index contributed by atoms with van der Waals surface area (Å²) in [6.07, 6.45) is 0. The van der Waals surface area contributed by atoms with Gasteiger partial charge in [-0.25, -0.2) is 4.99 Å². The van der Waals surface area contributed by atoms with Gasteiger partial charge in [-0.05, 0) is 24.6 Å². The van der Waals surface area contributed by atoms with Crippen molar-refractivity contribution in [3.63, 3.8) is 0 Å². The molecule has 0 unspecified atom stereocenters. The van der Waals surface area contributed by atoms with E-state index in [9.17, 15) is 4.79 Å². The van der Waals surface area contributed by atoms with Crippen molar-refractivity contribution in [2.75, 3.05) is 27.2 Å². The monoisotopic (exact) mass is 468 g/mol. The minimum absolute atomic E-state index is 0. The van der Waals surface area contributed by atoms with Crippen LogP contribution in [0.1, 0.15) is 12.5 Å².